The van der Waals surface area contributed by atoms with Crippen LogP contribution in [0, 0.1) is 17.7 Å². The van der Waals surface area contributed by atoms with Crippen LogP contribution in [0.15, 0.2) is 36.5 Å². The van der Waals surface area contributed by atoms with Crippen molar-refractivity contribution in [3.05, 3.63) is 59.5 Å². The summed E-state index contributed by atoms with van der Waals surface area (Å²) in [5.41, 5.74) is 0.636. The largest absolute Gasteiger partial charge is 0.645 e. The van der Waals surface area contributed by atoms with Gasteiger partial charge in [0.05, 0.1) is 0 Å². The zero-order valence-corrected chi connectivity index (χ0v) is 16.8. The third-order valence-electron chi connectivity index (χ3n) is 2.64. The average molecular weight is 568 g/mol. The van der Waals surface area contributed by atoms with E-state index in [1.807, 2.05) is 6.66 Å². The fourth-order valence-corrected chi connectivity index (χ4v) is 1.85. The molecule has 1 radical (unpaired) electrons. The molecule has 26 heavy (non-hydrogen) atoms. The molecule has 1 aromatic carbocycles. The van der Waals surface area contributed by atoms with E-state index in [0.29, 0.717) is 20.4 Å². The van der Waals surface area contributed by atoms with E-state index in [-0.39, 0.29) is 32.2 Å². The normalized spacial score (nSPS) is 10.7. The fraction of sp³-hybridized carbons (Fsp3) is 0.250. The molecule has 0 aliphatic heterocycles. The van der Waals surface area contributed by atoms with E-state index in [0.717, 1.165) is 12.1 Å². The van der Waals surface area contributed by atoms with Crippen LogP contribution in [-0.2, 0) is 24.9 Å². The van der Waals surface area contributed by atoms with Gasteiger partial charge in [0.25, 0.3) is 0 Å². The Labute approximate surface area is 162 Å². The van der Waals surface area contributed by atoms with Crippen molar-refractivity contribution in [2.45, 2.75) is 6.18 Å². The van der Waals surface area contributed by atoms with Crippen LogP contribution in [0.1, 0.15) is 0 Å². The monoisotopic (exact) mass is 569 g/mol. The number of benzene rings is 1. The van der Waals surface area contributed by atoms with E-state index >= 15 is 0 Å². The molecule has 1 heterocycles. The summed E-state index contributed by atoms with van der Waals surface area (Å²) in [5.74, 6) is -3.26. The predicted molar refractivity (Wildman–Crippen MR) is 86.8 cm³/mol. The van der Waals surface area contributed by atoms with Crippen molar-refractivity contribution in [1.29, 1.82) is 0 Å². The van der Waals surface area contributed by atoms with Gasteiger partial charge in [-0.2, -0.15) is 13.2 Å². The molecule has 10 heteroatoms. The van der Waals surface area contributed by atoms with Crippen LogP contribution < -0.4 is 0 Å². The number of hydrogen-bond acceptors (Lipinski definition) is 2. The van der Waals surface area contributed by atoms with Gasteiger partial charge in [-0.05, 0) is 18.4 Å². The Hall–Kier alpha value is -1.43. The Morgan fingerprint density at radius 1 is 1.31 bits per heavy atom. The summed E-state index contributed by atoms with van der Waals surface area (Å²) in [6.45, 7) is 1.82. The number of amides is 1. The molecule has 1 aromatic heterocycles. The molecule has 0 bridgehead atoms. The van der Waals surface area contributed by atoms with E-state index in [4.69, 9.17) is 0 Å². The van der Waals surface area contributed by atoms with E-state index in [9.17, 15) is 26.7 Å². The summed E-state index contributed by atoms with van der Waals surface area (Å²) < 4.78 is 60.1. The van der Waals surface area contributed by atoms with Gasteiger partial charge < -0.3 is 15.1 Å². The molecule has 2 aromatic rings. The molecule has 1 unspecified atom stereocenters. The topological polar surface area (TPSA) is 44.1 Å². The van der Waals surface area contributed by atoms with Gasteiger partial charge in [-0.25, -0.2) is 0 Å². The molecule has 0 N–H and O–H groups in total. The predicted octanol–water partition coefficient (Wildman–Crippen LogP) is 4.58. The van der Waals surface area contributed by atoms with Gasteiger partial charge in [0.15, 0.2) is 5.91 Å². The number of aromatic nitrogens is 1. The maximum Gasteiger partial charge on any atom is 0.432 e. The molecule has 1 amide bonds. The van der Waals surface area contributed by atoms with Crippen LogP contribution in [0.25, 0.3) is 16.6 Å². The summed E-state index contributed by atoms with van der Waals surface area (Å²) in [5, 5.41) is 2.83. The van der Waals surface area contributed by atoms with Crippen LogP contribution >= 0.6 is 8.58 Å². The van der Waals surface area contributed by atoms with Crippen molar-refractivity contribution < 1.29 is 46.9 Å². The quantitative estimate of drug-likeness (QED) is 0.235. The maximum absolute atomic E-state index is 13.2. The third-order valence-corrected chi connectivity index (χ3v) is 3.36. The summed E-state index contributed by atoms with van der Waals surface area (Å²) in [7, 11) is 0.527. The number of pyridine rings is 1. The minimum Gasteiger partial charge on any atom is -0.645 e. The number of carbonyl (C=O) groups excluding carboxylic acids is 1. The first-order valence-electron chi connectivity index (χ1n) is 6.97. The van der Waals surface area contributed by atoms with Gasteiger partial charge in [0, 0.05) is 37.9 Å². The molecular weight excluding hydrogens is 554 g/mol. The van der Waals surface area contributed by atoms with Crippen molar-refractivity contribution in [1.82, 2.24) is 4.98 Å². The van der Waals surface area contributed by atoms with E-state index in [1.165, 1.54) is 0 Å². The Balaban J connectivity index is 0.000000479. The van der Waals surface area contributed by atoms with Gasteiger partial charge in [0.2, 0.25) is 0 Å². The number of alkyl halides is 3. The Kier molecular flexibility index (Phi) is 11.4. The zero-order valence-electron chi connectivity index (χ0n) is 13.4. The van der Waals surface area contributed by atoms with Gasteiger partial charge in [-0.15, -0.1) is 27.3 Å². The molecular formula is C16H14F5IrN2OP-2. The zero-order chi connectivity index (χ0) is 18.9. The minimum absolute atomic E-state index is 0. The first-order valence-corrected chi connectivity index (χ1v) is 8.67. The first-order chi connectivity index (χ1) is 11.8. The summed E-state index contributed by atoms with van der Waals surface area (Å²) in [6, 6.07) is 9.53. The van der Waals surface area contributed by atoms with Crippen LogP contribution in [0.5, 0.6) is 0 Å². The number of nitrogens with zero attached hydrogens (tertiary/aromatic N) is 2. The van der Waals surface area contributed by atoms with Crippen LogP contribution in [0.4, 0.5) is 22.0 Å². The van der Waals surface area contributed by atoms with Gasteiger partial charge in [-0.1, -0.05) is 29.9 Å². The second-order valence-electron chi connectivity index (χ2n) is 4.54. The van der Waals surface area contributed by atoms with Gasteiger partial charge in [0.1, 0.15) is 0 Å². The summed E-state index contributed by atoms with van der Waals surface area (Å²) in [6.07, 6.45) is -2.70. The van der Waals surface area contributed by atoms with Crippen molar-refractivity contribution in [2.75, 3.05) is 19.4 Å². The maximum atomic E-state index is 13.2. The number of hydrogen-bond donors (Lipinski definition) is 0. The molecule has 0 aliphatic rings. The van der Waals surface area contributed by atoms with Gasteiger partial charge >= 0.3 is 6.18 Å². The fourth-order valence-electron chi connectivity index (χ4n) is 1.51. The van der Waals surface area contributed by atoms with Crippen molar-refractivity contribution in [3.63, 3.8) is 0 Å². The second-order valence-corrected chi connectivity index (χ2v) is 5.75. The molecule has 0 spiro atoms. The Morgan fingerprint density at radius 2 is 2.00 bits per heavy atom. The van der Waals surface area contributed by atoms with E-state index in [1.54, 1.807) is 24.4 Å². The Morgan fingerprint density at radius 3 is 2.50 bits per heavy atom. The van der Waals surface area contributed by atoms with E-state index < -0.39 is 23.7 Å². The molecule has 2 rings (SSSR count). The van der Waals surface area contributed by atoms with Crippen molar-refractivity contribution >= 4 is 14.5 Å². The molecule has 0 saturated heterocycles. The number of halogens is 5. The second kappa shape index (κ2) is 12.0. The van der Waals surface area contributed by atoms with Gasteiger partial charge in [-0.3, -0.25) is 8.78 Å². The van der Waals surface area contributed by atoms with Crippen molar-refractivity contribution in [3.8, 4) is 11.3 Å². The Bertz CT molecular complexity index is 686. The molecule has 0 fully saturated rings. The van der Waals surface area contributed by atoms with Crippen molar-refractivity contribution in [2.24, 2.45) is 0 Å². The van der Waals surface area contributed by atoms with Crippen LogP contribution in [-0.4, -0.2) is 36.4 Å². The average Bonchev–Trinajstić information content (AvgIpc) is 2.55. The standard InChI is InChI=1S/C11H6F2N.C5H9F3NOP.Ir/c12-8-4-5-9(10(13)7-8)11-3-1-2-6-14-11;1-11-3-2-9-4(10)5(6,7)8;/h1-4,6-7H;11H,2-3H2,1H3,(H,9,10);/q-1;;/p-1. The third kappa shape index (κ3) is 8.79. The molecule has 1 atom stereocenters. The van der Waals surface area contributed by atoms with Crippen LogP contribution in [0.3, 0.4) is 0 Å². The molecule has 3 nitrogen and oxygen atoms in total. The van der Waals surface area contributed by atoms with E-state index in [2.05, 4.69) is 16.4 Å². The molecule has 0 aliphatic carbocycles. The number of rotatable bonds is 4. The first kappa shape index (κ1) is 24.6. The SMILES string of the molecule is CPCC[N-]C(=O)C(F)(F)F.Fc1c[c-]c(-c2ccccn2)c(F)c1.[Ir]. The molecule has 0 saturated carbocycles. The summed E-state index contributed by atoms with van der Waals surface area (Å²) >= 11 is 0. The summed E-state index contributed by atoms with van der Waals surface area (Å²) in [4.78, 5) is 14.0. The smallest absolute Gasteiger partial charge is 0.432 e. The molecule has 145 valence electrons. The number of carbonyl (C=O) groups is 1. The minimum atomic E-state index is -4.79. The van der Waals surface area contributed by atoms with Crippen LogP contribution in [0.2, 0.25) is 0 Å².